The average molecular weight is 590 g/mol. The molecular formula is C27H36N5O8P. The third-order valence-electron chi connectivity index (χ3n) is 7.10. The number of ether oxygens (including phenoxy) is 2. The Balaban J connectivity index is 1.56. The first kappa shape index (κ1) is 30.4. The summed E-state index contributed by atoms with van der Waals surface area (Å²) in [6.07, 6.45) is -0.490. The largest absolute Gasteiger partial charge is 0.450 e. The van der Waals surface area contributed by atoms with Crippen LogP contribution < -0.4 is 10.2 Å². The fraction of sp³-hybridized carbons (Fsp3) is 0.481. The maximum Gasteiger partial charge on any atom is 0.409 e. The molecule has 4 rings (SSSR count). The van der Waals surface area contributed by atoms with E-state index in [1.807, 2.05) is 36.4 Å². The van der Waals surface area contributed by atoms with E-state index in [9.17, 15) is 28.7 Å². The number of benzene rings is 1. The van der Waals surface area contributed by atoms with Crippen molar-refractivity contribution in [2.45, 2.75) is 25.5 Å². The minimum atomic E-state index is -4.70. The number of carbonyl (C=O) groups is 3. The first-order chi connectivity index (χ1) is 19.6. The third-order valence-corrected chi connectivity index (χ3v) is 7.94. The van der Waals surface area contributed by atoms with Crippen LogP contribution in [-0.2, 0) is 18.8 Å². The number of hydrogen-bond donors (Lipinski definition) is 3. The van der Waals surface area contributed by atoms with Gasteiger partial charge in [-0.05, 0) is 25.5 Å². The van der Waals surface area contributed by atoms with Gasteiger partial charge >= 0.3 is 13.7 Å². The van der Waals surface area contributed by atoms with Crippen LogP contribution in [0, 0.1) is 0 Å². The highest BCUT2D eigenvalue weighted by Gasteiger charge is 2.35. The lowest BCUT2D eigenvalue weighted by molar-refractivity contribution is -0.134. The molecule has 13 nitrogen and oxygen atoms in total. The Morgan fingerprint density at radius 3 is 2.37 bits per heavy atom. The molecule has 1 aromatic carbocycles. The van der Waals surface area contributed by atoms with E-state index in [2.05, 4.69) is 15.2 Å². The average Bonchev–Trinajstić information content (AvgIpc) is 3.46. The molecule has 3 amide bonds. The van der Waals surface area contributed by atoms with Gasteiger partial charge in [0.2, 0.25) is 5.91 Å². The maximum absolute atomic E-state index is 13.5. The minimum absolute atomic E-state index is 0.0119. The predicted octanol–water partition coefficient (Wildman–Crippen LogP) is 1.55. The van der Waals surface area contributed by atoms with Gasteiger partial charge in [0.1, 0.15) is 11.7 Å². The lowest BCUT2D eigenvalue weighted by Crippen LogP contribution is -2.56. The zero-order chi connectivity index (χ0) is 29.6. The molecule has 0 bridgehead atoms. The number of methoxy groups -OCH3 is 1. The van der Waals surface area contributed by atoms with Crippen LogP contribution in [0.1, 0.15) is 23.8 Å². The lowest BCUT2D eigenvalue weighted by atomic mass is 10.1. The van der Waals surface area contributed by atoms with Crippen LogP contribution in [0.4, 0.5) is 10.5 Å². The second-order valence-electron chi connectivity index (χ2n) is 9.94. The zero-order valence-corrected chi connectivity index (χ0v) is 24.0. The molecule has 14 heteroatoms. The Kier molecular flexibility index (Phi) is 9.98. The van der Waals surface area contributed by atoms with Crippen LogP contribution >= 0.6 is 7.60 Å². The van der Waals surface area contributed by atoms with Crippen molar-refractivity contribution in [1.29, 1.82) is 0 Å². The zero-order valence-electron chi connectivity index (χ0n) is 23.1. The van der Waals surface area contributed by atoms with Crippen LogP contribution in [0.3, 0.4) is 0 Å². The number of hydrogen-bond acceptors (Lipinski definition) is 8. The Labute approximate surface area is 238 Å². The van der Waals surface area contributed by atoms with Gasteiger partial charge in [-0.3, -0.25) is 14.2 Å². The summed E-state index contributed by atoms with van der Waals surface area (Å²) in [4.78, 5) is 67.7. The fourth-order valence-corrected chi connectivity index (χ4v) is 5.65. The lowest BCUT2D eigenvalue weighted by Gasteiger charge is -2.36. The molecule has 0 saturated carbocycles. The summed E-state index contributed by atoms with van der Waals surface area (Å²) in [5, 5.41) is 2.52. The number of amides is 3. The highest BCUT2D eigenvalue weighted by molar-refractivity contribution is 7.51. The first-order valence-electron chi connectivity index (χ1n) is 13.5. The van der Waals surface area contributed by atoms with Crippen molar-refractivity contribution in [3.8, 4) is 11.3 Å². The number of nitrogens with one attached hydrogen (secondary N) is 1. The first-order valence-corrected chi connectivity index (χ1v) is 15.3. The van der Waals surface area contributed by atoms with Crippen LogP contribution in [0.5, 0.6) is 0 Å². The van der Waals surface area contributed by atoms with Crippen LogP contribution in [0.15, 0.2) is 42.5 Å². The normalized spacial score (nSPS) is 18.2. The summed E-state index contributed by atoms with van der Waals surface area (Å²) >= 11 is 0. The molecule has 2 aromatic rings. The molecule has 2 aliphatic rings. The second-order valence-corrected chi connectivity index (χ2v) is 11.6. The van der Waals surface area contributed by atoms with E-state index >= 15 is 0 Å². The Hall–Kier alpha value is -3.51. The second kappa shape index (κ2) is 13.4. The van der Waals surface area contributed by atoms with Crippen molar-refractivity contribution in [2.75, 3.05) is 64.0 Å². The van der Waals surface area contributed by atoms with E-state index in [-0.39, 0.29) is 44.6 Å². The number of anilines is 1. The van der Waals surface area contributed by atoms with E-state index < -0.39 is 37.7 Å². The summed E-state index contributed by atoms with van der Waals surface area (Å²) in [5.74, 6) is -1.38. The maximum atomic E-state index is 13.5. The van der Waals surface area contributed by atoms with Gasteiger partial charge in [-0.15, -0.1) is 0 Å². The monoisotopic (exact) mass is 589 g/mol. The van der Waals surface area contributed by atoms with Crippen molar-refractivity contribution in [1.82, 2.24) is 20.1 Å². The molecule has 2 atom stereocenters. The highest BCUT2D eigenvalue weighted by atomic mass is 31.2. The highest BCUT2D eigenvalue weighted by Crippen LogP contribution is 2.35. The molecule has 1 aromatic heterocycles. The Morgan fingerprint density at radius 1 is 1.07 bits per heavy atom. The molecule has 2 unspecified atom stereocenters. The van der Waals surface area contributed by atoms with E-state index in [0.29, 0.717) is 12.2 Å². The quantitative estimate of drug-likeness (QED) is 0.366. The molecule has 0 spiro atoms. The SMILES string of the molecule is CCOC(=O)N1CCN(C(=O)C(CP(=O)(O)O)NC(=O)c2cc(N3CCC(OC)C3)cc(-c3ccccc3)n2)CC1. The van der Waals surface area contributed by atoms with Crippen LogP contribution in [-0.4, -0.2) is 114 Å². The van der Waals surface area contributed by atoms with Gasteiger partial charge in [-0.1, -0.05) is 30.3 Å². The number of carbonyl (C=O) groups excluding carboxylic acids is 3. The molecule has 0 radical (unpaired) electrons. The van der Waals surface area contributed by atoms with Gasteiger partial charge in [0, 0.05) is 57.6 Å². The van der Waals surface area contributed by atoms with E-state index in [4.69, 9.17) is 9.47 Å². The fourth-order valence-electron chi connectivity index (χ4n) is 4.93. The third kappa shape index (κ3) is 8.04. The van der Waals surface area contributed by atoms with E-state index in [0.717, 1.165) is 24.2 Å². The molecule has 2 aliphatic heterocycles. The van der Waals surface area contributed by atoms with Crippen molar-refractivity contribution in [2.24, 2.45) is 0 Å². The molecule has 222 valence electrons. The molecule has 0 aliphatic carbocycles. The Morgan fingerprint density at radius 2 is 1.76 bits per heavy atom. The number of pyridine rings is 1. The number of aromatic nitrogens is 1. The van der Waals surface area contributed by atoms with Gasteiger partial charge in [0.15, 0.2) is 0 Å². The van der Waals surface area contributed by atoms with E-state index in [1.54, 1.807) is 20.1 Å². The molecule has 3 N–H and O–H groups in total. The smallest absolute Gasteiger partial charge is 0.409 e. The summed E-state index contributed by atoms with van der Waals surface area (Å²) in [7, 11) is -3.04. The number of piperazine rings is 1. The standard InChI is InChI=1S/C27H36N5O8P/c1-3-40-27(35)31-13-11-30(12-14-31)26(34)24(18-41(36,37)38)29-25(33)23-16-20(32-10-9-21(17-32)39-2)15-22(28-23)19-7-5-4-6-8-19/h4-8,15-16,21,24H,3,9-14,17-18H2,1-2H3,(H,29,33)(H2,36,37,38). The number of rotatable bonds is 9. The van der Waals surface area contributed by atoms with Crippen molar-refractivity contribution < 1.29 is 38.2 Å². The van der Waals surface area contributed by atoms with Gasteiger partial charge in [0.05, 0.1) is 24.6 Å². The molecule has 2 fully saturated rings. The molecule has 2 saturated heterocycles. The van der Waals surface area contributed by atoms with Crippen LogP contribution in [0.2, 0.25) is 0 Å². The van der Waals surface area contributed by atoms with Gasteiger partial charge in [-0.2, -0.15) is 0 Å². The topological polar surface area (TPSA) is 162 Å². The summed E-state index contributed by atoms with van der Waals surface area (Å²) < 4.78 is 22.4. The summed E-state index contributed by atoms with van der Waals surface area (Å²) in [5.41, 5.74) is 2.09. The van der Waals surface area contributed by atoms with Gasteiger partial charge in [-0.25, -0.2) is 9.78 Å². The predicted molar refractivity (Wildman–Crippen MR) is 151 cm³/mol. The molecule has 41 heavy (non-hydrogen) atoms. The number of nitrogens with zero attached hydrogens (tertiary/aromatic N) is 4. The van der Waals surface area contributed by atoms with Gasteiger partial charge < -0.3 is 39.3 Å². The van der Waals surface area contributed by atoms with Crippen molar-refractivity contribution in [3.63, 3.8) is 0 Å². The summed E-state index contributed by atoms with van der Waals surface area (Å²) in [6, 6.07) is 11.3. The Bertz CT molecular complexity index is 1280. The summed E-state index contributed by atoms with van der Waals surface area (Å²) in [6.45, 7) is 3.93. The van der Waals surface area contributed by atoms with Crippen LogP contribution in [0.25, 0.3) is 11.3 Å². The van der Waals surface area contributed by atoms with E-state index in [1.165, 1.54) is 9.80 Å². The molecule has 3 heterocycles. The minimum Gasteiger partial charge on any atom is -0.450 e. The van der Waals surface area contributed by atoms with Crippen molar-refractivity contribution >= 4 is 31.2 Å². The molecular weight excluding hydrogens is 553 g/mol. The van der Waals surface area contributed by atoms with Crippen molar-refractivity contribution in [3.05, 3.63) is 48.2 Å². The van der Waals surface area contributed by atoms with Gasteiger partial charge in [0.25, 0.3) is 5.91 Å².